The number of H-pyrrole nitrogens is 1. The van der Waals surface area contributed by atoms with Crippen molar-refractivity contribution in [3.05, 3.63) is 52.3 Å². The van der Waals surface area contributed by atoms with Gasteiger partial charge in [0.1, 0.15) is 5.69 Å². The van der Waals surface area contributed by atoms with Crippen LogP contribution in [0.15, 0.2) is 24.3 Å². The smallest absolute Gasteiger partial charge is 0.355 e. The van der Waals surface area contributed by atoms with Gasteiger partial charge in [-0.25, -0.2) is 9.59 Å². The highest BCUT2D eigenvalue weighted by atomic mass is 16.5. The highest BCUT2D eigenvalue weighted by molar-refractivity contribution is 6.00. The molecule has 7 heteroatoms. The van der Waals surface area contributed by atoms with Gasteiger partial charge in [0.2, 0.25) is 0 Å². The Labute approximate surface area is 158 Å². The molecule has 0 unspecified atom stereocenters. The summed E-state index contributed by atoms with van der Waals surface area (Å²) in [4.78, 5) is 39.1. The summed E-state index contributed by atoms with van der Waals surface area (Å²) in [5.41, 5.74) is 3.16. The van der Waals surface area contributed by atoms with E-state index >= 15 is 0 Å². The van der Waals surface area contributed by atoms with Crippen LogP contribution in [0.25, 0.3) is 0 Å². The van der Waals surface area contributed by atoms with E-state index < -0.39 is 24.5 Å². The largest absolute Gasteiger partial charge is 0.461 e. The molecule has 2 aromatic rings. The molecule has 1 amide bonds. The molecule has 144 valence electrons. The number of hydrogen-bond donors (Lipinski definition) is 2. The van der Waals surface area contributed by atoms with Crippen LogP contribution >= 0.6 is 0 Å². The highest BCUT2D eigenvalue weighted by Gasteiger charge is 2.24. The molecule has 1 heterocycles. The Bertz CT molecular complexity index is 837. The molecular formula is C20H24N2O5. The van der Waals surface area contributed by atoms with Crippen LogP contribution in [-0.4, -0.2) is 36.0 Å². The number of aryl methyl sites for hydroxylation is 2. The van der Waals surface area contributed by atoms with E-state index in [1.807, 2.05) is 19.1 Å². The van der Waals surface area contributed by atoms with Gasteiger partial charge in [-0.15, -0.1) is 0 Å². The Morgan fingerprint density at radius 2 is 1.67 bits per heavy atom. The van der Waals surface area contributed by atoms with Crippen molar-refractivity contribution < 1.29 is 23.9 Å². The summed E-state index contributed by atoms with van der Waals surface area (Å²) in [7, 11) is 0. The first-order valence-electron chi connectivity index (χ1n) is 8.79. The number of hydrogen-bond acceptors (Lipinski definition) is 5. The van der Waals surface area contributed by atoms with Crippen molar-refractivity contribution in [3.8, 4) is 0 Å². The van der Waals surface area contributed by atoms with E-state index in [1.54, 1.807) is 32.9 Å². The highest BCUT2D eigenvalue weighted by Crippen LogP contribution is 2.20. The fourth-order valence-electron chi connectivity index (χ4n) is 2.69. The molecule has 7 nitrogen and oxygen atoms in total. The van der Waals surface area contributed by atoms with Crippen LogP contribution in [-0.2, 0) is 20.7 Å². The second-order valence-corrected chi connectivity index (χ2v) is 6.02. The molecule has 0 aliphatic heterocycles. The molecule has 0 spiro atoms. The quantitative estimate of drug-likeness (QED) is 0.728. The maximum absolute atomic E-state index is 12.3. The van der Waals surface area contributed by atoms with Crippen LogP contribution in [0.2, 0.25) is 0 Å². The van der Waals surface area contributed by atoms with Gasteiger partial charge in [-0.2, -0.15) is 0 Å². The van der Waals surface area contributed by atoms with Crippen molar-refractivity contribution in [1.29, 1.82) is 0 Å². The lowest BCUT2D eigenvalue weighted by atomic mass is 10.1. The minimum absolute atomic E-state index is 0.210. The molecule has 0 fully saturated rings. The fourth-order valence-corrected chi connectivity index (χ4v) is 2.69. The monoisotopic (exact) mass is 372 g/mol. The van der Waals surface area contributed by atoms with E-state index in [4.69, 9.17) is 9.47 Å². The Balaban J connectivity index is 1.98. The first-order chi connectivity index (χ1) is 12.9. The van der Waals surface area contributed by atoms with Gasteiger partial charge in [-0.1, -0.05) is 19.1 Å². The molecule has 2 N–H and O–H groups in total. The number of ether oxygens (including phenoxy) is 2. The van der Waals surface area contributed by atoms with Crippen LogP contribution in [0.4, 0.5) is 5.69 Å². The summed E-state index contributed by atoms with van der Waals surface area (Å²) in [6.45, 7) is 6.84. The number of anilines is 1. The Morgan fingerprint density at radius 1 is 1.00 bits per heavy atom. The molecular weight excluding hydrogens is 348 g/mol. The number of esters is 2. The Morgan fingerprint density at radius 3 is 2.26 bits per heavy atom. The summed E-state index contributed by atoms with van der Waals surface area (Å²) in [6.07, 6.45) is 0.912. The Kier molecular flexibility index (Phi) is 6.76. The molecule has 0 aliphatic carbocycles. The van der Waals surface area contributed by atoms with Gasteiger partial charge < -0.3 is 19.8 Å². The average molecular weight is 372 g/mol. The predicted octanol–water partition coefficient (Wildman–Crippen LogP) is 3.17. The van der Waals surface area contributed by atoms with Crippen LogP contribution in [0, 0.1) is 13.8 Å². The van der Waals surface area contributed by atoms with E-state index in [2.05, 4.69) is 10.3 Å². The standard InChI is InChI=1S/C20H24N2O5/c1-5-14-7-9-15(10-8-14)22-16(23)11-27-19(24)17-12(3)18(21-13(17)4)20(25)26-6-2/h7-10,21H,5-6,11H2,1-4H3,(H,22,23). The minimum atomic E-state index is -0.673. The molecule has 1 aromatic heterocycles. The second-order valence-electron chi connectivity index (χ2n) is 6.02. The zero-order chi connectivity index (χ0) is 20.0. The van der Waals surface area contributed by atoms with Crippen molar-refractivity contribution >= 4 is 23.5 Å². The number of nitrogens with one attached hydrogen (secondary N) is 2. The number of benzene rings is 1. The van der Waals surface area contributed by atoms with Gasteiger partial charge in [-0.05, 0) is 50.5 Å². The number of rotatable bonds is 7. The first-order valence-corrected chi connectivity index (χ1v) is 8.79. The molecule has 0 aliphatic rings. The summed E-state index contributed by atoms with van der Waals surface area (Å²) in [5.74, 6) is -1.65. The average Bonchev–Trinajstić information content (AvgIpc) is 2.95. The lowest BCUT2D eigenvalue weighted by Crippen LogP contribution is -2.21. The third-order valence-corrected chi connectivity index (χ3v) is 4.10. The third-order valence-electron chi connectivity index (χ3n) is 4.10. The van der Waals surface area contributed by atoms with E-state index in [1.165, 1.54) is 0 Å². The van der Waals surface area contributed by atoms with E-state index in [-0.39, 0.29) is 17.9 Å². The van der Waals surface area contributed by atoms with Crippen molar-refractivity contribution in [2.45, 2.75) is 34.1 Å². The lowest BCUT2D eigenvalue weighted by Gasteiger charge is -2.08. The molecule has 0 atom stereocenters. The topological polar surface area (TPSA) is 97.5 Å². The maximum Gasteiger partial charge on any atom is 0.355 e. The van der Waals surface area contributed by atoms with E-state index in [0.717, 1.165) is 12.0 Å². The lowest BCUT2D eigenvalue weighted by molar-refractivity contribution is -0.119. The molecule has 0 saturated carbocycles. The fraction of sp³-hybridized carbons (Fsp3) is 0.350. The zero-order valence-electron chi connectivity index (χ0n) is 16.0. The van der Waals surface area contributed by atoms with E-state index in [9.17, 15) is 14.4 Å². The predicted molar refractivity (Wildman–Crippen MR) is 101 cm³/mol. The van der Waals surface area contributed by atoms with Crippen molar-refractivity contribution in [1.82, 2.24) is 4.98 Å². The van der Waals surface area contributed by atoms with Gasteiger partial charge in [-0.3, -0.25) is 4.79 Å². The van der Waals surface area contributed by atoms with Crippen molar-refractivity contribution in [2.75, 3.05) is 18.5 Å². The summed E-state index contributed by atoms with van der Waals surface area (Å²) >= 11 is 0. The molecule has 0 saturated heterocycles. The van der Waals surface area contributed by atoms with Crippen LogP contribution in [0.5, 0.6) is 0 Å². The van der Waals surface area contributed by atoms with Crippen LogP contribution in [0.1, 0.15) is 51.5 Å². The SMILES string of the molecule is CCOC(=O)c1[nH]c(C)c(C(=O)OCC(=O)Nc2ccc(CC)cc2)c1C. The Hall–Kier alpha value is -3.09. The van der Waals surface area contributed by atoms with Gasteiger partial charge in [0.05, 0.1) is 12.2 Å². The summed E-state index contributed by atoms with van der Waals surface area (Å²) in [6, 6.07) is 7.44. The zero-order valence-corrected chi connectivity index (χ0v) is 16.0. The molecule has 1 aromatic carbocycles. The number of aromatic amines is 1. The van der Waals surface area contributed by atoms with Crippen LogP contribution < -0.4 is 5.32 Å². The minimum Gasteiger partial charge on any atom is -0.461 e. The maximum atomic E-state index is 12.3. The summed E-state index contributed by atoms with van der Waals surface area (Å²) in [5, 5.41) is 2.67. The number of carbonyl (C=O) groups is 3. The van der Waals surface area contributed by atoms with E-state index in [0.29, 0.717) is 16.9 Å². The van der Waals surface area contributed by atoms with Crippen molar-refractivity contribution in [3.63, 3.8) is 0 Å². The van der Waals surface area contributed by atoms with Crippen LogP contribution in [0.3, 0.4) is 0 Å². The van der Waals surface area contributed by atoms with Gasteiger partial charge in [0, 0.05) is 11.4 Å². The molecule has 2 rings (SSSR count). The molecule has 27 heavy (non-hydrogen) atoms. The second kappa shape index (κ2) is 9.02. The number of carbonyl (C=O) groups excluding carboxylic acids is 3. The number of amides is 1. The molecule has 0 radical (unpaired) electrons. The molecule has 0 bridgehead atoms. The normalized spacial score (nSPS) is 10.4. The van der Waals surface area contributed by atoms with Gasteiger partial charge >= 0.3 is 11.9 Å². The first kappa shape index (κ1) is 20.2. The van der Waals surface area contributed by atoms with Crippen molar-refractivity contribution in [2.24, 2.45) is 0 Å². The van der Waals surface area contributed by atoms with Gasteiger partial charge in [0.15, 0.2) is 6.61 Å². The van der Waals surface area contributed by atoms with Gasteiger partial charge in [0.25, 0.3) is 5.91 Å². The summed E-state index contributed by atoms with van der Waals surface area (Å²) < 4.78 is 10.1. The third kappa shape index (κ3) is 4.97. The number of aromatic nitrogens is 1.